The Morgan fingerprint density at radius 1 is 1.20 bits per heavy atom. The van der Waals surface area contributed by atoms with Gasteiger partial charge in [0.15, 0.2) is 11.6 Å². The molecule has 0 aliphatic rings. The molecule has 0 unspecified atom stereocenters. The minimum absolute atomic E-state index is 0.298. The summed E-state index contributed by atoms with van der Waals surface area (Å²) in [5.74, 6) is 0.419. The number of hydrogen-bond donors (Lipinski definition) is 3. The van der Waals surface area contributed by atoms with Gasteiger partial charge < -0.3 is 16.0 Å². The van der Waals surface area contributed by atoms with Gasteiger partial charge in [-0.05, 0) is 23.8 Å². The Kier molecular flexibility index (Phi) is 4.97. The molecule has 0 aliphatic heterocycles. The zero-order valence-corrected chi connectivity index (χ0v) is 16.3. The number of carbonyl (C=O) groups is 1. The third-order valence-electron chi connectivity index (χ3n) is 4.52. The van der Waals surface area contributed by atoms with Crippen molar-refractivity contribution in [2.24, 2.45) is 5.73 Å². The van der Waals surface area contributed by atoms with Crippen LogP contribution >= 0.6 is 0 Å². The van der Waals surface area contributed by atoms with Crippen LogP contribution in [0.5, 0.6) is 0 Å². The molecule has 0 atom stereocenters. The normalized spacial score (nSPS) is 10.9. The number of aromatic amines is 1. The predicted octanol–water partition coefficient (Wildman–Crippen LogP) is 2.33. The van der Waals surface area contributed by atoms with Crippen molar-refractivity contribution in [1.82, 2.24) is 25.4 Å². The predicted molar refractivity (Wildman–Crippen MR) is 111 cm³/mol. The summed E-state index contributed by atoms with van der Waals surface area (Å²) in [6, 6.07) is 11.4. The number of amides is 1. The van der Waals surface area contributed by atoms with Gasteiger partial charge in [-0.25, -0.2) is 9.37 Å². The van der Waals surface area contributed by atoms with Gasteiger partial charge in [0.05, 0.1) is 5.56 Å². The second-order valence-electron chi connectivity index (χ2n) is 6.85. The summed E-state index contributed by atoms with van der Waals surface area (Å²) in [4.78, 5) is 18.0. The summed E-state index contributed by atoms with van der Waals surface area (Å²) in [5, 5.41) is 19.4. The standard InChI is InChI=1S/C20H19FN8O/c1-29(2)20-19(23-10-11-5-3-6-12(21)9-11)24-18(27-28-20)16-13-7-4-8-14(17(22)30)15(13)25-26-16/h3-9H,10H2,1-2H3,(H2,22,30)(H,25,26)(H,23,24,27). The second kappa shape index (κ2) is 7.74. The molecule has 4 aromatic rings. The summed E-state index contributed by atoms with van der Waals surface area (Å²) in [6.45, 7) is 0.353. The fourth-order valence-corrected chi connectivity index (χ4v) is 3.09. The van der Waals surface area contributed by atoms with Gasteiger partial charge in [0, 0.05) is 26.0 Å². The van der Waals surface area contributed by atoms with Gasteiger partial charge >= 0.3 is 0 Å². The van der Waals surface area contributed by atoms with Gasteiger partial charge in [0.2, 0.25) is 5.82 Å². The number of fused-ring (bicyclic) bond motifs is 1. The average Bonchev–Trinajstić information content (AvgIpc) is 3.16. The number of nitrogens with two attached hydrogens (primary N) is 1. The lowest BCUT2D eigenvalue weighted by Crippen LogP contribution is -2.16. The Hall–Kier alpha value is -4.08. The second-order valence-corrected chi connectivity index (χ2v) is 6.85. The number of nitrogens with one attached hydrogen (secondary N) is 2. The molecular formula is C20H19FN8O. The maximum absolute atomic E-state index is 13.5. The quantitative estimate of drug-likeness (QED) is 0.449. The van der Waals surface area contributed by atoms with Crippen LogP contribution in [0.2, 0.25) is 0 Å². The van der Waals surface area contributed by atoms with E-state index in [1.807, 2.05) is 20.2 Å². The van der Waals surface area contributed by atoms with Crippen LogP contribution in [-0.4, -0.2) is 45.4 Å². The van der Waals surface area contributed by atoms with Crippen LogP contribution in [-0.2, 0) is 6.54 Å². The zero-order chi connectivity index (χ0) is 21.3. The number of H-pyrrole nitrogens is 1. The lowest BCUT2D eigenvalue weighted by Gasteiger charge is -2.16. The fourth-order valence-electron chi connectivity index (χ4n) is 3.09. The molecule has 30 heavy (non-hydrogen) atoms. The number of hydrogen-bond acceptors (Lipinski definition) is 7. The van der Waals surface area contributed by atoms with Crippen molar-refractivity contribution in [3.05, 3.63) is 59.4 Å². The molecule has 0 saturated heterocycles. The van der Waals surface area contributed by atoms with Crippen LogP contribution in [0.1, 0.15) is 15.9 Å². The Balaban J connectivity index is 1.73. The van der Waals surface area contributed by atoms with Crippen molar-refractivity contribution in [2.75, 3.05) is 24.3 Å². The molecule has 0 radical (unpaired) electrons. The lowest BCUT2D eigenvalue weighted by atomic mass is 10.1. The number of anilines is 2. The third kappa shape index (κ3) is 3.62. The number of halogens is 1. The van der Waals surface area contributed by atoms with Gasteiger partial charge in [-0.15, -0.1) is 10.2 Å². The third-order valence-corrected chi connectivity index (χ3v) is 4.52. The highest BCUT2D eigenvalue weighted by atomic mass is 19.1. The van der Waals surface area contributed by atoms with E-state index in [0.717, 1.165) is 5.56 Å². The van der Waals surface area contributed by atoms with Crippen LogP contribution < -0.4 is 16.0 Å². The van der Waals surface area contributed by atoms with E-state index in [1.54, 1.807) is 29.2 Å². The summed E-state index contributed by atoms with van der Waals surface area (Å²) >= 11 is 0. The number of para-hydroxylation sites is 1. The average molecular weight is 406 g/mol. The molecule has 0 saturated carbocycles. The Morgan fingerprint density at radius 3 is 2.73 bits per heavy atom. The molecule has 9 nitrogen and oxygen atoms in total. The van der Waals surface area contributed by atoms with Gasteiger partial charge in [0.1, 0.15) is 17.0 Å². The Bertz CT molecular complexity index is 1240. The molecule has 0 bridgehead atoms. The molecule has 0 fully saturated rings. The summed E-state index contributed by atoms with van der Waals surface area (Å²) in [6.07, 6.45) is 0. The van der Waals surface area contributed by atoms with E-state index in [2.05, 4.69) is 30.7 Å². The maximum Gasteiger partial charge on any atom is 0.250 e. The first kappa shape index (κ1) is 19.2. The highest BCUT2D eigenvalue weighted by molar-refractivity contribution is 6.07. The van der Waals surface area contributed by atoms with Crippen LogP contribution in [0.15, 0.2) is 42.5 Å². The molecule has 2 aromatic heterocycles. The van der Waals surface area contributed by atoms with Crippen LogP contribution in [0, 0.1) is 5.82 Å². The van der Waals surface area contributed by atoms with Gasteiger partial charge in [-0.1, -0.05) is 24.3 Å². The first-order chi connectivity index (χ1) is 14.4. The summed E-state index contributed by atoms with van der Waals surface area (Å²) < 4.78 is 13.5. The lowest BCUT2D eigenvalue weighted by molar-refractivity contribution is 0.100. The highest BCUT2D eigenvalue weighted by Gasteiger charge is 2.18. The molecule has 0 aliphatic carbocycles. The minimum atomic E-state index is -0.571. The summed E-state index contributed by atoms with van der Waals surface area (Å²) in [7, 11) is 3.65. The van der Waals surface area contributed by atoms with Gasteiger partial charge in [-0.2, -0.15) is 5.10 Å². The molecule has 10 heteroatoms. The number of aromatic nitrogens is 5. The Labute approximate surface area is 171 Å². The van der Waals surface area contributed by atoms with E-state index < -0.39 is 5.91 Å². The van der Waals surface area contributed by atoms with Gasteiger partial charge in [0.25, 0.3) is 5.91 Å². The van der Waals surface area contributed by atoms with Crippen molar-refractivity contribution < 1.29 is 9.18 Å². The number of benzene rings is 2. The van der Waals surface area contributed by atoms with E-state index in [9.17, 15) is 9.18 Å². The molecule has 1 amide bonds. The number of primary amides is 1. The van der Waals surface area contributed by atoms with Crippen LogP contribution in [0.25, 0.3) is 22.4 Å². The van der Waals surface area contributed by atoms with Crippen molar-refractivity contribution >= 4 is 28.4 Å². The number of rotatable bonds is 6. The molecule has 2 aromatic carbocycles. The van der Waals surface area contributed by atoms with E-state index in [1.165, 1.54) is 12.1 Å². The Morgan fingerprint density at radius 2 is 2.00 bits per heavy atom. The minimum Gasteiger partial charge on any atom is -0.366 e. The number of nitrogens with zero attached hydrogens (tertiary/aromatic N) is 5. The first-order valence-corrected chi connectivity index (χ1v) is 9.11. The summed E-state index contributed by atoms with van der Waals surface area (Å²) in [5.41, 5.74) is 7.45. The molecule has 152 valence electrons. The first-order valence-electron chi connectivity index (χ1n) is 9.11. The van der Waals surface area contributed by atoms with E-state index in [0.29, 0.717) is 46.2 Å². The van der Waals surface area contributed by atoms with E-state index in [-0.39, 0.29) is 5.82 Å². The smallest absolute Gasteiger partial charge is 0.250 e. The molecular weight excluding hydrogens is 387 g/mol. The SMILES string of the molecule is CN(C)c1nnc(-c2[nH]nc3c(C(N)=O)cccc23)nc1NCc1cccc(F)c1. The molecule has 4 rings (SSSR count). The zero-order valence-electron chi connectivity index (χ0n) is 16.3. The topological polar surface area (TPSA) is 126 Å². The van der Waals surface area contributed by atoms with E-state index in [4.69, 9.17) is 5.73 Å². The van der Waals surface area contributed by atoms with Crippen LogP contribution in [0.3, 0.4) is 0 Å². The molecule has 2 heterocycles. The molecule has 4 N–H and O–H groups in total. The van der Waals surface area contributed by atoms with Crippen molar-refractivity contribution in [3.8, 4) is 11.5 Å². The fraction of sp³-hybridized carbons (Fsp3) is 0.150. The van der Waals surface area contributed by atoms with Crippen molar-refractivity contribution in [1.29, 1.82) is 0 Å². The van der Waals surface area contributed by atoms with E-state index >= 15 is 0 Å². The highest BCUT2D eigenvalue weighted by Crippen LogP contribution is 2.28. The largest absolute Gasteiger partial charge is 0.366 e. The van der Waals surface area contributed by atoms with Crippen LogP contribution in [0.4, 0.5) is 16.0 Å². The maximum atomic E-state index is 13.5. The van der Waals surface area contributed by atoms with Gasteiger partial charge in [-0.3, -0.25) is 9.89 Å². The molecule has 0 spiro atoms. The van der Waals surface area contributed by atoms with Crippen molar-refractivity contribution in [2.45, 2.75) is 6.54 Å². The number of carbonyl (C=O) groups excluding carboxylic acids is 1. The monoisotopic (exact) mass is 406 g/mol. The van der Waals surface area contributed by atoms with Crippen molar-refractivity contribution in [3.63, 3.8) is 0 Å².